The Kier molecular flexibility index (Phi) is 9.88. The highest BCUT2D eigenvalue weighted by Gasteiger charge is 2.09. The maximum atomic E-state index is 13.3. The average Bonchev–Trinajstić information content (AvgIpc) is 2.88. The Labute approximate surface area is 226 Å². The number of nitrogens with one attached hydrogen (secondary N) is 2. The maximum Gasteiger partial charge on any atom is 0.314 e. The first-order valence-electron chi connectivity index (χ1n) is 11.2. The number of aromatic nitrogens is 2. The van der Waals surface area contributed by atoms with Crippen LogP contribution >= 0.6 is 11.6 Å². The molecule has 0 radical (unpaired) electrons. The van der Waals surface area contributed by atoms with Gasteiger partial charge >= 0.3 is 11.9 Å². The summed E-state index contributed by atoms with van der Waals surface area (Å²) in [5.41, 5.74) is 2.70. The van der Waals surface area contributed by atoms with Gasteiger partial charge in [0, 0.05) is 16.8 Å². The SMILES string of the molecule is C=CC(=O)Nc1ccc2ncnc(Nc3ccc(OCc4cccc(F)c4)c(Cl)c3)c2c1.O=C(O)CC(=O)O. The summed E-state index contributed by atoms with van der Waals surface area (Å²) in [4.78, 5) is 39.0. The summed E-state index contributed by atoms with van der Waals surface area (Å²) in [7, 11) is 0. The number of benzene rings is 3. The molecule has 3 aromatic carbocycles. The zero-order chi connectivity index (χ0) is 28.4. The van der Waals surface area contributed by atoms with Crippen molar-refractivity contribution in [3.8, 4) is 5.75 Å². The van der Waals surface area contributed by atoms with Crippen molar-refractivity contribution < 1.29 is 33.7 Å². The number of nitrogens with zero attached hydrogens (tertiary/aromatic N) is 2. The monoisotopic (exact) mass is 552 g/mol. The summed E-state index contributed by atoms with van der Waals surface area (Å²) in [5, 5.41) is 22.5. The lowest BCUT2D eigenvalue weighted by atomic mass is 10.2. The van der Waals surface area contributed by atoms with E-state index in [4.69, 9.17) is 26.6 Å². The molecule has 0 fully saturated rings. The third-order valence-corrected chi connectivity index (χ3v) is 5.16. The van der Waals surface area contributed by atoms with E-state index in [9.17, 15) is 18.8 Å². The number of amides is 1. The lowest BCUT2D eigenvalue weighted by molar-refractivity contribution is -0.147. The lowest BCUT2D eigenvalue weighted by Crippen LogP contribution is -2.07. The zero-order valence-corrected chi connectivity index (χ0v) is 21.0. The normalized spacial score (nSPS) is 10.1. The molecular weight excluding hydrogens is 531 g/mol. The molecule has 10 nitrogen and oxygen atoms in total. The Morgan fingerprint density at radius 3 is 2.38 bits per heavy atom. The second kappa shape index (κ2) is 13.5. The molecule has 0 spiro atoms. The molecule has 0 bridgehead atoms. The topological polar surface area (TPSA) is 151 Å². The molecule has 0 aliphatic carbocycles. The van der Waals surface area contributed by atoms with Crippen LogP contribution in [0.1, 0.15) is 12.0 Å². The number of anilines is 3. The van der Waals surface area contributed by atoms with E-state index >= 15 is 0 Å². The van der Waals surface area contributed by atoms with Gasteiger partial charge in [0.25, 0.3) is 0 Å². The fourth-order valence-electron chi connectivity index (χ4n) is 3.18. The highest BCUT2D eigenvalue weighted by molar-refractivity contribution is 6.32. The number of hydrogen-bond donors (Lipinski definition) is 4. The number of carbonyl (C=O) groups excluding carboxylic acids is 1. The maximum absolute atomic E-state index is 13.3. The first kappa shape index (κ1) is 28.5. The van der Waals surface area contributed by atoms with Crippen LogP contribution in [-0.4, -0.2) is 38.0 Å². The number of ether oxygens (including phenoxy) is 1. The van der Waals surface area contributed by atoms with Crippen LogP contribution in [0.15, 0.2) is 79.6 Å². The minimum atomic E-state index is -1.31. The number of fused-ring (bicyclic) bond motifs is 1. The molecule has 0 saturated heterocycles. The van der Waals surface area contributed by atoms with E-state index < -0.39 is 18.4 Å². The number of carboxylic acid groups (broad SMARTS) is 2. The number of aliphatic carboxylic acids is 2. The Morgan fingerprint density at radius 1 is 1.00 bits per heavy atom. The molecule has 0 aliphatic rings. The average molecular weight is 553 g/mol. The highest BCUT2D eigenvalue weighted by atomic mass is 35.5. The van der Waals surface area contributed by atoms with E-state index in [1.165, 1.54) is 24.5 Å². The van der Waals surface area contributed by atoms with Crippen LogP contribution < -0.4 is 15.4 Å². The van der Waals surface area contributed by atoms with Crippen LogP contribution in [0.25, 0.3) is 10.9 Å². The molecule has 39 heavy (non-hydrogen) atoms. The molecule has 0 atom stereocenters. The molecule has 0 unspecified atom stereocenters. The van der Waals surface area contributed by atoms with Gasteiger partial charge in [-0.1, -0.05) is 30.3 Å². The summed E-state index contributed by atoms with van der Waals surface area (Å²) in [6, 6.07) is 16.7. The number of carboxylic acids is 2. The van der Waals surface area contributed by atoms with Crippen molar-refractivity contribution in [3.63, 3.8) is 0 Å². The summed E-state index contributed by atoms with van der Waals surface area (Å²) in [6.45, 7) is 3.65. The van der Waals surface area contributed by atoms with Gasteiger partial charge in [-0.2, -0.15) is 0 Å². The van der Waals surface area contributed by atoms with Crippen LogP contribution in [0.3, 0.4) is 0 Å². The van der Waals surface area contributed by atoms with Gasteiger partial charge in [-0.25, -0.2) is 14.4 Å². The third kappa shape index (κ3) is 8.79. The minimum absolute atomic E-state index is 0.194. The van der Waals surface area contributed by atoms with E-state index in [2.05, 4.69) is 27.2 Å². The van der Waals surface area contributed by atoms with Crippen LogP contribution in [0.2, 0.25) is 5.02 Å². The number of rotatable bonds is 9. The predicted octanol–water partition coefficient (Wildman–Crippen LogP) is 5.42. The fourth-order valence-corrected chi connectivity index (χ4v) is 3.41. The second-order valence-electron chi connectivity index (χ2n) is 7.80. The van der Waals surface area contributed by atoms with Crippen molar-refractivity contribution in [2.45, 2.75) is 13.0 Å². The molecule has 0 aliphatic heterocycles. The first-order chi connectivity index (χ1) is 18.6. The van der Waals surface area contributed by atoms with Crippen LogP contribution in [0.5, 0.6) is 5.75 Å². The molecule has 4 N–H and O–H groups in total. The number of hydrogen-bond acceptors (Lipinski definition) is 7. The molecule has 1 aromatic heterocycles. The van der Waals surface area contributed by atoms with Gasteiger partial charge in [0.1, 0.15) is 36.7 Å². The summed E-state index contributed by atoms with van der Waals surface area (Å²) < 4.78 is 19.0. The molecule has 1 amide bonds. The van der Waals surface area contributed by atoms with Gasteiger partial charge in [-0.15, -0.1) is 0 Å². The molecule has 4 aromatic rings. The fraction of sp³-hybridized carbons (Fsp3) is 0.0741. The Bertz CT molecular complexity index is 1520. The highest BCUT2D eigenvalue weighted by Crippen LogP contribution is 2.31. The van der Waals surface area contributed by atoms with Crippen molar-refractivity contribution in [2.24, 2.45) is 0 Å². The van der Waals surface area contributed by atoms with Gasteiger partial charge in [-0.05, 0) is 60.2 Å². The quantitative estimate of drug-likeness (QED) is 0.158. The van der Waals surface area contributed by atoms with E-state index in [0.29, 0.717) is 39.0 Å². The zero-order valence-electron chi connectivity index (χ0n) is 20.2. The second-order valence-corrected chi connectivity index (χ2v) is 8.21. The van der Waals surface area contributed by atoms with Crippen LogP contribution in [0, 0.1) is 5.82 Å². The molecule has 1 heterocycles. The van der Waals surface area contributed by atoms with Gasteiger partial charge in [0.2, 0.25) is 5.91 Å². The molecule has 0 saturated carbocycles. The predicted molar refractivity (Wildman–Crippen MR) is 144 cm³/mol. The van der Waals surface area contributed by atoms with E-state index in [1.54, 1.807) is 48.5 Å². The summed E-state index contributed by atoms with van der Waals surface area (Å²) >= 11 is 6.38. The Morgan fingerprint density at radius 2 is 1.74 bits per heavy atom. The molecule has 12 heteroatoms. The smallest absolute Gasteiger partial charge is 0.314 e. The Hall–Kier alpha value is -5.03. The van der Waals surface area contributed by atoms with Gasteiger partial charge in [0.05, 0.1) is 10.5 Å². The van der Waals surface area contributed by atoms with Gasteiger partial charge < -0.3 is 25.6 Å². The van der Waals surface area contributed by atoms with Crippen molar-refractivity contribution in [1.29, 1.82) is 0 Å². The van der Waals surface area contributed by atoms with Crippen molar-refractivity contribution in [3.05, 3.63) is 96.0 Å². The van der Waals surface area contributed by atoms with Crippen molar-refractivity contribution in [2.75, 3.05) is 10.6 Å². The standard InChI is InChI=1S/C24H18ClFN4O2.C3H4O4/c1-2-23(31)29-17-6-8-21-19(11-17)24(28-14-27-21)30-18-7-9-22(20(25)12-18)32-13-15-4-3-5-16(26)10-15;4-2(5)1-3(6)7/h2-12,14H,1,13H2,(H,29,31)(H,27,28,30);1H2,(H,4,5)(H,6,7). The van der Waals surface area contributed by atoms with E-state index in [-0.39, 0.29) is 18.3 Å². The van der Waals surface area contributed by atoms with Crippen LogP contribution in [-0.2, 0) is 21.0 Å². The van der Waals surface area contributed by atoms with E-state index in [0.717, 1.165) is 5.39 Å². The first-order valence-corrected chi connectivity index (χ1v) is 11.6. The molecule has 200 valence electrons. The van der Waals surface area contributed by atoms with Gasteiger partial charge in [-0.3, -0.25) is 14.4 Å². The lowest BCUT2D eigenvalue weighted by Gasteiger charge is -2.12. The molecular formula is C27H22ClFN4O6. The largest absolute Gasteiger partial charge is 0.487 e. The molecule has 4 rings (SSSR count). The third-order valence-electron chi connectivity index (χ3n) is 4.87. The van der Waals surface area contributed by atoms with Crippen LogP contribution in [0.4, 0.5) is 21.6 Å². The summed E-state index contributed by atoms with van der Waals surface area (Å²) in [5.74, 6) is -2.23. The number of carbonyl (C=O) groups is 3. The van der Waals surface area contributed by atoms with Gasteiger partial charge in [0.15, 0.2) is 0 Å². The number of halogens is 2. The van der Waals surface area contributed by atoms with Crippen molar-refractivity contribution >= 4 is 57.5 Å². The van der Waals surface area contributed by atoms with Crippen molar-refractivity contribution in [1.82, 2.24) is 9.97 Å². The Balaban J connectivity index is 0.000000532. The van der Waals surface area contributed by atoms with E-state index in [1.807, 2.05) is 0 Å². The minimum Gasteiger partial charge on any atom is -0.487 e. The summed E-state index contributed by atoms with van der Waals surface area (Å²) in [6.07, 6.45) is 1.84.